The Bertz CT molecular complexity index is 1370. The smallest absolute Gasteiger partial charge is 0.407 e. The number of benzene rings is 1. The molecule has 10 nitrogen and oxygen atoms in total. The Morgan fingerprint density at radius 3 is 3.00 bits per heavy atom. The first-order chi connectivity index (χ1) is 16.9. The number of aromatic nitrogens is 5. The zero-order valence-electron chi connectivity index (χ0n) is 19.0. The zero-order chi connectivity index (χ0) is 24.5. The first-order valence-corrected chi connectivity index (χ1v) is 11.4. The van der Waals surface area contributed by atoms with Gasteiger partial charge in [-0.3, -0.25) is 9.50 Å². The van der Waals surface area contributed by atoms with Gasteiger partial charge in [0.1, 0.15) is 23.7 Å². The zero-order valence-corrected chi connectivity index (χ0v) is 19.7. The van der Waals surface area contributed by atoms with E-state index in [0.717, 1.165) is 5.69 Å². The van der Waals surface area contributed by atoms with Gasteiger partial charge in [0.15, 0.2) is 5.82 Å². The number of ether oxygens (including phenoxy) is 2. The fourth-order valence-electron chi connectivity index (χ4n) is 3.81. The van der Waals surface area contributed by atoms with E-state index in [4.69, 9.17) is 21.1 Å². The molecule has 1 fully saturated rings. The monoisotopic (exact) mass is 499 g/mol. The SMILES string of the molecule is CC(C)NC(=O)OC1COC(c2cc(Nc3nc(-c4ccc(F)c(Cl)c4)cc4nccn34)n[nH]2)C1. The van der Waals surface area contributed by atoms with Crippen LogP contribution in [-0.2, 0) is 9.47 Å². The topological polar surface area (TPSA) is 118 Å². The quantitative estimate of drug-likeness (QED) is 0.354. The number of aromatic amines is 1. The summed E-state index contributed by atoms with van der Waals surface area (Å²) in [4.78, 5) is 20.9. The Morgan fingerprint density at radius 2 is 2.20 bits per heavy atom. The summed E-state index contributed by atoms with van der Waals surface area (Å²) < 4.78 is 26.6. The molecule has 2 atom stereocenters. The lowest BCUT2D eigenvalue weighted by molar-refractivity contribution is 0.0682. The average molecular weight is 500 g/mol. The summed E-state index contributed by atoms with van der Waals surface area (Å²) in [6, 6.07) is 8.02. The third-order valence-corrected chi connectivity index (χ3v) is 5.72. The van der Waals surface area contributed by atoms with E-state index in [1.165, 1.54) is 12.1 Å². The normalized spacial score (nSPS) is 17.7. The lowest BCUT2D eigenvalue weighted by Crippen LogP contribution is -2.33. The molecule has 35 heavy (non-hydrogen) atoms. The molecule has 1 aliphatic rings. The van der Waals surface area contributed by atoms with Gasteiger partial charge in [0.05, 0.1) is 23.0 Å². The molecule has 182 valence electrons. The number of carbonyl (C=O) groups is 1. The van der Waals surface area contributed by atoms with Crippen LogP contribution in [0.5, 0.6) is 0 Å². The van der Waals surface area contributed by atoms with Crippen molar-refractivity contribution in [3.63, 3.8) is 0 Å². The first kappa shape index (κ1) is 23.1. The number of alkyl carbamates (subject to hydrolysis) is 1. The van der Waals surface area contributed by atoms with Gasteiger partial charge in [-0.15, -0.1) is 0 Å². The van der Waals surface area contributed by atoms with E-state index < -0.39 is 11.9 Å². The predicted octanol–water partition coefficient (Wildman–Crippen LogP) is 4.62. The number of imidazole rings is 1. The van der Waals surface area contributed by atoms with Crippen molar-refractivity contribution in [2.24, 2.45) is 0 Å². The second-order valence-corrected chi connectivity index (χ2v) is 8.87. The van der Waals surface area contributed by atoms with E-state index in [1.807, 2.05) is 19.9 Å². The number of anilines is 2. The number of nitrogens with zero attached hydrogens (tertiary/aromatic N) is 4. The average Bonchev–Trinajstić information content (AvgIpc) is 3.55. The van der Waals surface area contributed by atoms with Gasteiger partial charge >= 0.3 is 6.09 Å². The van der Waals surface area contributed by atoms with Gasteiger partial charge < -0.3 is 20.1 Å². The highest BCUT2D eigenvalue weighted by Gasteiger charge is 2.31. The lowest BCUT2D eigenvalue weighted by Gasteiger charge is -2.13. The van der Waals surface area contributed by atoms with Gasteiger partial charge in [-0.25, -0.2) is 19.2 Å². The van der Waals surface area contributed by atoms with Crippen molar-refractivity contribution < 1.29 is 18.7 Å². The van der Waals surface area contributed by atoms with Gasteiger partial charge in [0, 0.05) is 42.6 Å². The number of rotatable bonds is 6. The number of halogens is 2. The minimum absolute atomic E-state index is 0.00372. The van der Waals surface area contributed by atoms with Crippen LogP contribution in [0.25, 0.3) is 16.9 Å². The molecule has 4 heterocycles. The van der Waals surface area contributed by atoms with Crippen molar-refractivity contribution in [1.82, 2.24) is 29.9 Å². The van der Waals surface area contributed by atoms with Crippen LogP contribution in [0.1, 0.15) is 32.1 Å². The molecule has 12 heteroatoms. The molecule has 4 aromatic rings. The highest BCUT2D eigenvalue weighted by atomic mass is 35.5. The van der Waals surface area contributed by atoms with Crippen LogP contribution in [0.15, 0.2) is 42.7 Å². The minimum Gasteiger partial charge on any atom is -0.444 e. The molecule has 0 spiro atoms. The molecule has 1 aromatic carbocycles. The van der Waals surface area contributed by atoms with Gasteiger partial charge in [-0.05, 0) is 32.0 Å². The van der Waals surface area contributed by atoms with Crippen LogP contribution >= 0.6 is 11.6 Å². The van der Waals surface area contributed by atoms with Crippen LogP contribution in [-0.4, -0.2) is 49.4 Å². The van der Waals surface area contributed by atoms with E-state index in [2.05, 4.69) is 30.8 Å². The number of hydrogen-bond donors (Lipinski definition) is 3. The van der Waals surface area contributed by atoms with E-state index in [0.29, 0.717) is 41.7 Å². The second-order valence-electron chi connectivity index (χ2n) is 8.47. The molecule has 0 bridgehead atoms. The number of H-pyrrole nitrogens is 1. The molecule has 3 aromatic heterocycles. The fourth-order valence-corrected chi connectivity index (χ4v) is 3.99. The first-order valence-electron chi connectivity index (χ1n) is 11.1. The second kappa shape index (κ2) is 9.51. The van der Waals surface area contributed by atoms with Crippen LogP contribution in [0.4, 0.5) is 21.0 Å². The predicted molar refractivity (Wildman–Crippen MR) is 127 cm³/mol. The standard InChI is InChI=1S/C23H23ClFN7O3/c1-12(2)27-23(33)35-14-8-19(34-11-14)18-9-20(31-30-18)29-22-28-17(10-21-26-5-6-32(21)22)13-3-4-16(25)15(24)7-13/h3-7,9-10,12,14,19H,8,11H2,1-2H3,(H,27,33)(H2,28,29,30,31). The maximum atomic E-state index is 13.6. The Hall–Kier alpha value is -3.70. The molecule has 2 unspecified atom stereocenters. The van der Waals surface area contributed by atoms with Crippen LogP contribution < -0.4 is 10.6 Å². The number of carbonyl (C=O) groups excluding carboxylic acids is 1. The Labute approximate surface area is 204 Å². The Balaban J connectivity index is 1.32. The third-order valence-electron chi connectivity index (χ3n) is 5.43. The summed E-state index contributed by atoms with van der Waals surface area (Å²) in [5, 5.41) is 13.2. The van der Waals surface area contributed by atoms with Crippen molar-refractivity contribution in [2.75, 3.05) is 11.9 Å². The molecule has 5 rings (SSSR count). The largest absolute Gasteiger partial charge is 0.444 e. The highest BCUT2D eigenvalue weighted by molar-refractivity contribution is 6.31. The minimum atomic E-state index is -0.498. The van der Waals surface area contributed by atoms with Gasteiger partial charge in [-0.1, -0.05) is 11.6 Å². The van der Waals surface area contributed by atoms with E-state index in [9.17, 15) is 9.18 Å². The molecule has 3 N–H and O–H groups in total. The van der Waals surface area contributed by atoms with Crippen molar-refractivity contribution in [3.8, 4) is 11.3 Å². The summed E-state index contributed by atoms with van der Waals surface area (Å²) in [5.41, 5.74) is 2.61. The van der Waals surface area contributed by atoms with Crippen LogP contribution in [0.3, 0.4) is 0 Å². The number of fused-ring (bicyclic) bond motifs is 1. The lowest BCUT2D eigenvalue weighted by atomic mass is 10.1. The van der Waals surface area contributed by atoms with Crippen molar-refractivity contribution in [3.05, 3.63) is 59.3 Å². The maximum absolute atomic E-state index is 13.6. The van der Waals surface area contributed by atoms with Crippen LogP contribution in [0, 0.1) is 5.82 Å². The number of nitrogens with one attached hydrogen (secondary N) is 3. The summed E-state index contributed by atoms with van der Waals surface area (Å²) in [6.07, 6.45) is 2.84. The molecule has 0 radical (unpaired) electrons. The maximum Gasteiger partial charge on any atom is 0.407 e. The van der Waals surface area contributed by atoms with Gasteiger partial charge in [0.25, 0.3) is 0 Å². The van der Waals surface area contributed by atoms with E-state index in [-0.39, 0.29) is 23.3 Å². The third kappa shape index (κ3) is 5.05. The summed E-state index contributed by atoms with van der Waals surface area (Å²) in [5.74, 6) is 0.483. The molecule has 0 aliphatic carbocycles. The summed E-state index contributed by atoms with van der Waals surface area (Å²) in [7, 11) is 0. The molecule has 1 saturated heterocycles. The Kier molecular flexibility index (Phi) is 6.27. The van der Waals surface area contributed by atoms with Gasteiger partial charge in [-0.2, -0.15) is 5.10 Å². The summed E-state index contributed by atoms with van der Waals surface area (Å²) >= 11 is 5.96. The number of hydrogen-bond acceptors (Lipinski definition) is 7. The van der Waals surface area contributed by atoms with Crippen molar-refractivity contribution in [1.29, 1.82) is 0 Å². The van der Waals surface area contributed by atoms with E-state index in [1.54, 1.807) is 28.9 Å². The van der Waals surface area contributed by atoms with Gasteiger partial charge in [0.2, 0.25) is 5.95 Å². The summed E-state index contributed by atoms with van der Waals surface area (Å²) in [6.45, 7) is 4.04. The molecule has 1 aliphatic heterocycles. The Morgan fingerprint density at radius 1 is 1.34 bits per heavy atom. The highest BCUT2D eigenvalue weighted by Crippen LogP contribution is 2.31. The molecule has 0 saturated carbocycles. The molecule has 1 amide bonds. The molecular weight excluding hydrogens is 477 g/mol. The van der Waals surface area contributed by atoms with Crippen molar-refractivity contribution in [2.45, 2.75) is 38.5 Å². The molecular formula is C23H23ClFN7O3. The van der Waals surface area contributed by atoms with Crippen LogP contribution in [0.2, 0.25) is 5.02 Å². The van der Waals surface area contributed by atoms with Crippen molar-refractivity contribution >= 4 is 35.1 Å². The van der Waals surface area contributed by atoms with E-state index >= 15 is 0 Å². The number of amides is 1. The fraction of sp³-hybridized carbons (Fsp3) is 0.304.